The van der Waals surface area contributed by atoms with Crippen molar-refractivity contribution in [2.75, 3.05) is 13.6 Å². The Balaban J connectivity index is 4.71. The van der Waals surface area contributed by atoms with E-state index in [0.717, 1.165) is 24.1 Å². The van der Waals surface area contributed by atoms with Gasteiger partial charge in [-0.05, 0) is 32.9 Å². The minimum absolute atomic E-state index is 0.144. The van der Waals surface area contributed by atoms with E-state index in [4.69, 9.17) is 0 Å². The molecule has 0 aromatic rings. The van der Waals surface area contributed by atoms with Crippen LogP contribution in [0, 0.1) is 0 Å². The number of hydrogen-bond donors (Lipinski definition) is 1. The molecule has 0 amide bonds. The maximum absolute atomic E-state index is 11.3. The van der Waals surface area contributed by atoms with E-state index >= 15 is 0 Å². The summed E-state index contributed by atoms with van der Waals surface area (Å²) in [5, 5.41) is 3.05. The topological polar surface area (TPSA) is 29.1 Å². The summed E-state index contributed by atoms with van der Waals surface area (Å²) in [5.74, 6) is 0.144. The van der Waals surface area contributed by atoms with E-state index in [1.807, 2.05) is 33.0 Å². The molecule has 0 radical (unpaired) electrons. The third kappa shape index (κ3) is 4.04. The van der Waals surface area contributed by atoms with Gasteiger partial charge in [-0.3, -0.25) is 4.79 Å². The highest BCUT2D eigenvalue weighted by atomic mass is 16.1. The van der Waals surface area contributed by atoms with Crippen molar-refractivity contribution in [2.24, 2.45) is 0 Å². The third-order valence-corrected chi connectivity index (χ3v) is 1.85. The van der Waals surface area contributed by atoms with Crippen LogP contribution in [0.25, 0.3) is 0 Å². The van der Waals surface area contributed by atoms with Gasteiger partial charge in [-0.2, -0.15) is 0 Å². The monoisotopic (exact) mass is 181 g/mol. The molecule has 0 aliphatic carbocycles. The lowest BCUT2D eigenvalue weighted by molar-refractivity contribution is -0.113. The van der Waals surface area contributed by atoms with Crippen LogP contribution in [0.2, 0.25) is 0 Å². The molecule has 74 valence electrons. The summed E-state index contributed by atoms with van der Waals surface area (Å²) in [6.07, 6.45) is 4.87. The predicted octanol–water partition coefficient (Wildman–Crippen LogP) is 2.08. The van der Waals surface area contributed by atoms with Gasteiger partial charge in [0.2, 0.25) is 0 Å². The number of allylic oxidation sites excluding steroid dienone is 2. The Morgan fingerprint density at radius 1 is 1.46 bits per heavy atom. The maximum atomic E-state index is 11.3. The van der Waals surface area contributed by atoms with E-state index in [2.05, 4.69) is 5.32 Å². The van der Waals surface area contributed by atoms with Gasteiger partial charge in [-0.1, -0.05) is 19.1 Å². The summed E-state index contributed by atoms with van der Waals surface area (Å²) in [4.78, 5) is 11.3. The fourth-order valence-electron chi connectivity index (χ4n) is 1.25. The second-order valence-electron chi connectivity index (χ2n) is 2.93. The minimum Gasteiger partial charge on any atom is -0.316 e. The van der Waals surface area contributed by atoms with Crippen LogP contribution in [-0.2, 0) is 4.79 Å². The van der Waals surface area contributed by atoms with E-state index < -0.39 is 0 Å². The van der Waals surface area contributed by atoms with E-state index in [0.29, 0.717) is 0 Å². The van der Waals surface area contributed by atoms with E-state index in [1.165, 1.54) is 0 Å². The lowest BCUT2D eigenvalue weighted by Gasteiger charge is -2.08. The van der Waals surface area contributed by atoms with E-state index in [9.17, 15) is 4.79 Å². The zero-order valence-electron chi connectivity index (χ0n) is 8.98. The molecule has 1 N–H and O–H groups in total. The molecule has 0 aromatic carbocycles. The summed E-state index contributed by atoms with van der Waals surface area (Å²) >= 11 is 0. The molecule has 0 aliphatic rings. The van der Waals surface area contributed by atoms with Crippen molar-refractivity contribution < 1.29 is 4.79 Å². The Hall–Kier alpha value is -0.890. The normalized spacial score (nSPS) is 13.2. The third-order valence-electron chi connectivity index (χ3n) is 1.85. The fraction of sp³-hybridized carbons (Fsp3) is 0.545. The largest absolute Gasteiger partial charge is 0.316 e. The number of rotatable bonds is 5. The van der Waals surface area contributed by atoms with Gasteiger partial charge in [-0.15, -0.1) is 0 Å². The van der Waals surface area contributed by atoms with Crippen molar-refractivity contribution in [1.82, 2.24) is 5.32 Å². The molecule has 0 atom stereocenters. The van der Waals surface area contributed by atoms with Crippen LogP contribution >= 0.6 is 0 Å². The summed E-state index contributed by atoms with van der Waals surface area (Å²) in [6, 6.07) is 0. The molecular formula is C11H19NO. The first-order chi connectivity index (χ1) is 6.17. The highest BCUT2D eigenvalue weighted by Gasteiger charge is 2.07. The molecule has 0 saturated heterocycles. The van der Waals surface area contributed by atoms with Crippen LogP contribution in [0.5, 0.6) is 0 Å². The van der Waals surface area contributed by atoms with Gasteiger partial charge in [-0.25, -0.2) is 0 Å². The number of carbonyl (C=O) groups excluding carboxylic acids is 1. The molecule has 0 aromatic heterocycles. The Kier molecular flexibility index (Phi) is 6.15. The first kappa shape index (κ1) is 12.1. The molecule has 13 heavy (non-hydrogen) atoms. The number of Topliss-reactive ketones (excluding diaryl/α,β-unsaturated/α-hetero) is 1. The van der Waals surface area contributed by atoms with Gasteiger partial charge in [0.05, 0.1) is 0 Å². The smallest absolute Gasteiger partial charge is 0.159 e. The molecule has 2 nitrogen and oxygen atoms in total. The van der Waals surface area contributed by atoms with Crippen molar-refractivity contribution in [3.63, 3.8) is 0 Å². The van der Waals surface area contributed by atoms with Crippen LogP contribution in [0.1, 0.15) is 27.2 Å². The molecule has 0 bridgehead atoms. The number of likely N-dealkylation sites (N-methyl/N-ethyl adjacent to an activating group) is 1. The predicted molar refractivity (Wildman–Crippen MR) is 56.7 cm³/mol. The highest BCUT2D eigenvalue weighted by molar-refractivity contribution is 5.97. The van der Waals surface area contributed by atoms with E-state index in [-0.39, 0.29) is 5.78 Å². The van der Waals surface area contributed by atoms with Crippen LogP contribution in [0.4, 0.5) is 0 Å². The quantitative estimate of drug-likeness (QED) is 0.519. The van der Waals surface area contributed by atoms with Crippen LogP contribution < -0.4 is 5.32 Å². The highest BCUT2D eigenvalue weighted by Crippen LogP contribution is 2.11. The number of hydrogen-bond acceptors (Lipinski definition) is 2. The zero-order chi connectivity index (χ0) is 10.3. The lowest BCUT2D eigenvalue weighted by atomic mass is 10.0. The molecule has 0 spiro atoms. The van der Waals surface area contributed by atoms with Gasteiger partial charge < -0.3 is 5.32 Å². The minimum atomic E-state index is 0.144. The molecule has 0 unspecified atom stereocenters. The van der Waals surface area contributed by atoms with Gasteiger partial charge in [0, 0.05) is 12.1 Å². The number of ketones is 1. The maximum Gasteiger partial charge on any atom is 0.159 e. The van der Waals surface area contributed by atoms with Crippen LogP contribution in [0.15, 0.2) is 23.3 Å². The number of carbonyl (C=O) groups is 1. The molecule has 0 fully saturated rings. The van der Waals surface area contributed by atoms with Crippen molar-refractivity contribution >= 4 is 5.78 Å². The van der Waals surface area contributed by atoms with Crippen LogP contribution in [0.3, 0.4) is 0 Å². The average Bonchev–Trinajstić information content (AvgIpc) is 2.10. The van der Waals surface area contributed by atoms with Crippen LogP contribution in [-0.4, -0.2) is 19.4 Å². The zero-order valence-corrected chi connectivity index (χ0v) is 8.98. The summed E-state index contributed by atoms with van der Waals surface area (Å²) in [5.41, 5.74) is 1.93. The van der Waals surface area contributed by atoms with Crippen molar-refractivity contribution in [3.05, 3.63) is 23.3 Å². The lowest BCUT2D eigenvalue weighted by Crippen LogP contribution is -2.14. The molecule has 0 rings (SSSR count). The molecule has 0 heterocycles. The first-order valence-corrected chi connectivity index (χ1v) is 4.68. The van der Waals surface area contributed by atoms with Crippen molar-refractivity contribution in [1.29, 1.82) is 0 Å². The fourth-order valence-corrected chi connectivity index (χ4v) is 1.25. The molecular weight excluding hydrogens is 162 g/mol. The SMILES string of the molecule is C/C=C(CNC)\C(=C/CC)C(C)=O. The second-order valence-corrected chi connectivity index (χ2v) is 2.93. The Bertz CT molecular complexity index is 226. The van der Waals surface area contributed by atoms with Gasteiger partial charge in [0.25, 0.3) is 0 Å². The van der Waals surface area contributed by atoms with E-state index in [1.54, 1.807) is 6.92 Å². The molecule has 0 saturated carbocycles. The Labute approximate surface area is 80.7 Å². The summed E-state index contributed by atoms with van der Waals surface area (Å²) in [6.45, 7) is 6.36. The second kappa shape index (κ2) is 6.61. The van der Waals surface area contributed by atoms with Crippen molar-refractivity contribution in [3.8, 4) is 0 Å². The number of nitrogens with one attached hydrogen (secondary N) is 1. The summed E-state index contributed by atoms with van der Waals surface area (Å²) < 4.78 is 0. The Morgan fingerprint density at radius 3 is 2.38 bits per heavy atom. The average molecular weight is 181 g/mol. The molecule has 2 heteroatoms. The first-order valence-electron chi connectivity index (χ1n) is 4.68. The summed E-state index contributed by atoms with van der Waals surface area (Å²) in [7, 11) is 1.88. The van der Waals surface area contributed by atoms with Gasteiger partial charge in [0.15, 0.2) is 5.78 Å². The Morgan fingerprint density at radius 2 is 2.08 bits per heavy atom. The van der Waals surface area contributed by atoms with Gasteiger partial charge >= 0.3 is 0 Å². The van der Waals surface area contributed by atoms with Crippen molar-refractivity contribution in [2.45, 2.75) is 27.2 Å². The van der Waals surface area contributed by atoms with Gasteiger partial charge in [0.1, 0.15) is 0 Å². The molecule has 0 aliphatic heterocycles. The standard InChI is InChI=1S/C11H19NO/c1-5-7-11(9(3)13)10(6-2)8-12-4/h6-7,12H,5,8H2,1-4H3/b10-6-,11-7-.